The minimum Gasteiger partial charge on any atom is -0.384 e. The van der Waals surface area contributed by atoms with Gasteiger partial charge in [-0.25, -0.2) is 0 Å². The highest BCUT2D eigenvalue weighted by atomic mass is 16.5. The topological polar surface area (TPSA) is 56.1 Å². The van der Waals surface area contributed by atoms with E-state index in [1.807, 2.05) is 19.3 Å². The number of piperidine rings is 1. The Morgan fingerprint density at radius 3 is 2.70 bits per heavy atom. The third-order valence-electron chi connectivity index (χ3n) is 4.77. The van der Waals surface area contributed by atoms with Crippen molar-refractivity contribution in [3.05, 3.63) is 35.9 Å². The minimum absolute atomic E-state index is 0.280. The van der Waals surface area contributed by atoms with Gasteiger partial charge in [0.15, 0.2) is 0 Å². The van der Waals surface area contributed by atoms with Gasteiger partial charge >= 0.3 is 0 Å². The summed E-state index contributed by atoms with van der Waals surface area (Å²) < 4.78 is 7.47. The Morgan fingerprint density at radius 1 is 1.26 bits per heavy atom. The molecule has 0 radical (unpaired) electrons. The smallest absolute Gasteiger partial charge is 0.226 e. The van der Waals surface area contributed by atoms with Crippen LogP contribution in [0.25, 0.3) is 0 Å². The number of rotatable bonds is 5. The van der Waals surface area contributed by atoms with Gasteiger partial charge in [-0.15, -0.1) is 10.2 Å². The van der Waals surface area contributed by atoms with Gasteiger partial charge in [0.1, 0.15) is 5.82 Å². The number of hydrogen-bond donors (Lipinski definition) is 0. The summed E-state index contributed by atoms with van der Waals surface area (Å²) in [5.41, 5.74) is 1.43. The van der Waals surface area contributed by atoms with Crippen LogP contribution in [-0.2, 0) is 18.2 Å². The second-order valence-electron chi connectivity index (χ2n) is 6.74. The summed E-state index contributed by atoms with van der Waals surface area (Å²) in [6.07, 6.45) is 6.66. The average molecular weight is 315 g/mol. The van der Waals surface area contributed by atoms with E-state index in [0.717, 1.165) is 56.3 Å². The van der Waals surface area contributed by atoms with E-state index in [-0.39, 0.29) is 5.41 Å². The van der Waals surface area contributed by atoms with Crippen LogP contribution in [0.2, 0.25) is 0 Å². The zero-order chi connectivity index (χ0) is 16.3. The first kappa shape index (κ1) is 15.9. The van der Waals surface area contributed by atoms with Gasteiger partial charge in [-0.05, 0) is 29.9 Å². The molecule has 0 saturated carbocycles. The molecule has 0 unspecified atom stereocenters. The van der Waals surface area contributed by atoms with E-state index in [1.54, 1.807) is 13.3 Å². The van der Waals surface area contributed by atoms with Crippen LogP contribution in [0.15, 0.2) is 24.5 Å². The Labute approximate surface area is 137 Å². The largest absolute Gasteiger partial charge is 0.384 e. The van der Waals surface area contributed by atoms with E-state index >= 15 is 0 Å². The molecule has 0 aliphatic carbocycles. The molecule has 1 aliphatic rings. The lowest BCUT2D eigenvalue weighted by Crippen LogP contribution is -2.41. The van der Waals surface area contributed by atoms with Crippen LogP contribution in [-0.4, -0.2) is 46.6 Å². The molecule has 1 fully saturated rings. The van der Waals surface area contributed by atoms with Crippen molar-refractivity contribution < 1.29 is 4.74 Å². The number of ether oxygens (including phenoxy) is 1. The lowest BCUT2D eigenvalue weighted by molar-refractivity contribution is 0.0728. The molecule has 0 bridgehead atoms. The molecule has 6 heteroatoms. The minimum atomic E-state index is 0.280. The molecule has 2 aromatic heterocycles. The van der Waals surface area contributed by atoms with Crippen molar-refractivity contribution in [2.24, 2.45) is 12.5 Å². The van der Waals surface area contributed by atoms with Crippen molar-refractivity contribution in [3.63, 3.8) is 0 Å². The average Bonchev–Trinajstić information content (AvgIpc) is 2.90. The van der Waals surface area contributed by atoms with Crippen LogP contribution in [0, 0.1) is 5.41 Å². The standard InChI is InChI=1S/C17H25N5O/c1-17(13-23-3)6-9-22(10-7-17)16-20-19-15(21(16)2)11-14-5-4-8-18-12-14/h4-5,8,12H,6-7,9-11,13H2,1-3H3. The van der Waals surface area contributed by atoms with Gasteiger partial charge in [0, 0.05) is 46.1 Å². The van der Waals surface area contributed by atoms with E-state index in [0.29, 0.717) is 0 Å². The molecule has 0 N–H and O–H groups in total. The first-order chi connectivity index (χ1) is 11.1. The fourth-order valence-electron chi connectivity index (χ4n) is 3.21. The quantitative estimate of drug-likeness (QED) is 0.845. The SMILES string of the molecule is COCC1(C)CCN(c2nnc(Cc3cccnc3)n2C)CC1. The molecule has 3 rings (SSSR count). The summed E-state index contributed by atoms with van der Waals surface area (Å²) >= 11 is 0. The van der Waals surface area contributed by atoms with Crippen molar-refractivity contribution in [2.45, 2.75) is 26.2 Å². The number of anilines is 1. The summed E-state index contributed by atoms with van der Waals surface area (Å²) in [5.74, 6) is 1.93. The molecule has 0 atom stereocenters. The van der Waals surface area contributed by atoms with E-state index in [1.165, 1.54) is 0 Å². The molecule has 1 saturated heterocycles. The van der Waals surface area contributed by atoms with E-state index in [2.05, 4.69) is 37.6 Å². The summed E-state index contributed by atoms with van der Waals surface area (Å²) in [5, 5.41) is 8.79. The lowest BCUT2D eigenvalue weighted by atomic mass is 9.81. The molecule has 0 spiro atoms. The van der Waals surface area contributed by atoms with Crippen LogP contribution in [0.1, 0.15) is 31.2 Å². The van der Waals surface area contributed by atoms with Crippen molar-refractivity contribution in [2.75, 3.05) is 31.7 Å². The van der Waals surface area contributed by atoms with Crippen LogP contribution >= 0.6 is 0 Å². The third kappa shape index (κ3) is 3.52. The number of aromatic nitrogens is 4. The number of pyridine rings is 1. The summed E-state index contributed by atoms with van der Waals surface area (Å²) in [4.78, 5) is 6.49. The fraction of sp³-hybridized carbons (Fsp3) is 0.588. The molecule has 2 aromatic rings. The molecule has 3 heterocycles. The Hall–Kier alpha value is -1.95. The van der Waals surface area contributed by atoms with Crippen LogP contribution in [0.5, 0.6) is 0 Å². The van der Waals surface area contributed by atoms with Crippen LogP contribution in [0.3, 0.4) is 0 Å². The van der Waals surface area contributed by atoms with Gasteiger partial charge in [0.2, 0.25) is 5.95 Å². The van der Waals surface area contributed by atoms with Crippen molar-refractivity contribution >= 4 is 5.95 Å². The predicted molar refractivity (Wildman–Crippen MR) is 89.5 cm³/mol. The Morgan fingerprint density at radius 2 is 2.04 bits per heavy atom. The Kier molecular flexibility index (Phi) is 4.61. The summed E-state index contributed by atoms with van der Waals surface area (Å²) in [6, 6.07) is 4.02. The first-order valence-electron chi connectivity index (χ1n) is 8.12. The highest BCUT2D eigenvalue weighted by molar-refractivity contribution is 5.33. The molecule has 23 heavy (non-hydrogen) atoms. The molecular formula is C17H25N5O. The lowest BCUT2D eigenvalue weighted by Gasteiger charge is -2.39. The first-order valence-corrected chi connectivity index (χ1v) is 8.12. The zero-order valence-electron chi connectivity index (χ0n) is 14.2. The van der Waals surface area contributed by atoms with Crippen molar-refractivity contribution in [1.82, 2.24) is 19.7 Å². The fourth-order valence-corrected chi connectivity index (χ4v) is 3.21. The number of nitrogens with zero attached hydrogens (tertiary/aromatic N) is 5. The maximum absolute atomic E-state index is 5.36. The summed E-state index contributed by atoms with van der Waals surface area (Å²) in [6.45, 7) is 5.13. The predicted octanol–water partition coefficient (Wildman–Crippen LogP) is 2.05. The second kappa shape index (κ2) is 6.66. The van der Waals surface area contributed by atoms with E-state index < -0.39 is 0 Å². The molecular weight excluding hydrogens is 290 g/mol. The van der Waals surface area contributed by atoms with Gasteiger partial charge in [-0.3, -0.25) is 4.98 Å². The highest BCUT2D eigenvalue weighted by Crippen LogP contribution is 2.32. The van der Waals surface area contributed by atoms with Crippen LogP contribution < -0.4 is 4.90 Å². The molecule has 6 nitrogen and oxygen atoms in total. The van der Waals surface area contributed by atoms with Gasteiger partial charge in [0.25, 0.3) is 0 Å². The van der Waals surface area contributed by atoms with Crippen molar-refractivity contribution in [3.8, 4) is 0 Å². The maximum atomic E-state index is 5.36. The number of methoxy groups -OCH3 is 1. The highest BCUT2D eigenvalue weighted by Gasteiger charge is 2.31. The normalized spacial score (nSPS) is 17.4. The van der Waals surface area contributed by atoms with Gasteiger partial charge in [-0.1, -0.05) is 13.0 Å². The van der Waals surface area contributed by atoms with E-state index in [4.69, 9.17) is 4.74 Å². The molecule has 1 aliphatic heterocycles. The van der Waals surface area contributed by atoms with E-state index in [9.17, 15) is 0 Å². The summed E-state index contributed by atoms with van der Waals surface area (Å²) in [7, 11) is 3.83. The monoisotopic (exact) mass is 315 g/mol. The van der Waals surface area contributed by atoms with Gasteiger partial charge in [-0.2, -0.15) is 0 Å². The van der Waals surface area contributed by atoms with Crippen molar-refractivity contribution in [1.29, 1.82) is 0 Å². The number of hydrogen-bond acceptors (Lipinski definition) is 5. The Balaban J connectivity index is 1.68. The zero-order valence-corrected chi connectivity index (χ0v) is 14.2. The molecule has 0 amide bonds. The molecule has 124 valence electrons. The maximum Gasteiger partial charge on any atom is 0.226 e. The third-order valence-corrected chi connectivity index (χ3v) is 4.77. The molecule has 0 aromatic carbocycles. The second-order valence-corrected chi connectivity index (χ2v) is 6.74. The van der Waals surface area contributed by atoms with Crippen LogP contribution in [0.4, 0.5) is 5.95 Å². The van der Waals surface area contributed by atoms with Gasteiger partial charge < -0.3 is 14.2 Å². The van der Waals surface area contributed by atoms with Gasteiger partial charge in [0.05, 0.1) is 6.61 Å². The Bertz CT molecular complexity index is 632.